The summed E-state index contributed by atoms with van der Waals surface area (Å²) in [5.41, 5.74) is 6.86. The summed E-state index contributed by atoms with van der Waals surface area (Å²) >= 11 is 0. The molecule has 2 aromatic carbocycles. The van der Waals surface area contributed by atoms with Crippen molar-refractivity contribution in [3.63, 3.8) is 0 Å². The van der Waals surface area contributed by atoms with Crippen molar-refractivity contribution in [3.05, 3.63) is 54.1 Å². The summed E-state index contributed by atoms with van der Waals surface area (Å²) in [6.45, 7) is 4.94. The Hall–Kier alpha value is -3.02. The van der Waals surface area contributed by atoms with Crippen LogP contribution in [0.25, 0.3) is 0 Å². The molecule has 2 rings (SSSR count). The molecule has 2 aromatic rings. The zero-order valence-electron chi connectivity index (χ0n) is 15.1. The Morgan fingerprint density at radius 2 is 1.88 bits per heavy atom. The first kappa shape index (κ1) is 19.3. The Kier molecular flexibility index (Phi) is 7.02. The molecule has 0 aromatic heterocycles. The van der Waals surface area contributed by atoms with E-state index in [9.17, 15) is 9.59 Å². The fourth-order valence-electron chi connectivity index (χ4n) is 2.31. The van der Waals surface area contributed by atoms with E-state index < -0.39 is 5.91 Å². The van der Waals surface area contributed by atoms with E-state index in [1.807, 2.05) is 12.1 Å². The lowest BCUT2D eigenvalue weighted by atomic mass is 10.1. The number of para-hydroxylation sites is 1. The minimum Gasteiger partial charge on any atom is -0.494 e. The van der Waals surface area contributed by atoms with Crippen molar-refractivity contribution in [1.82, 2.24) is 0 Å². The maximum Gasteiger partial charge on any atom is 0.250 e. The van der Waals surface area contributed by atoms with Crippen LogP contribution in [0, 0.1) is 5.92 Å². The molecule has 138 valence electrons. The highest BCUT2D eigenvalue weighted by Crippen LogP contribution is 2.18. The molecule has 0 aliphatic heterocycles. The number of hydrogen-bond acceptors (Lipinski definition) is 4. The van der Waals surface area contributed by atoms with Crippen LogP contribution >= 0.6 is 0 Å². The zero-order chi connectivity index (χ0) is 18.9. The van der Waals surface area contributed by atoms with Crippen molar-refractivity contribution >= 4 is 23.2 Å². The molecule has 0 radical (unpaired) electrons. The Morgan fingerprint density at radius 1 is 1.12 bits per heavy atom. The standard InChI is InChI=1S/C20H25N3O3/c1-14(2)10-11-26-16-7-5-6-15(12-16)23-19(24)13-22-18-9-4-3-8-17(18)20(21)25/h3-9,12,14,22H,10-11,13H2,1-2H3,(H2,21,25)(H,23,24). The average molecular weight is 355 g/mol. The minimum absolute atomic E-state index is 0.0166. The predicted molar refractivity (Wildman–Crippen MR) is 103 cm³/mol. The molecule has 26 heavy (non-hydrogen) atoms. The lowest BCUT2D eigenvalue weighted by molar-refractivity contribution is -0.114. The molecule has 0 heterocycles. The first-order valence-electron chi connectivity index (χ1n) is 8.61. The van der Waals surface area contributed by atoms with Gasteiger partial charge in [0.05, 0.1) is 18.7 Å². The van der Waals surface area contributed by atoms with E-state index >= 15 is 0 Å². The Balaban J connectivity index is 1.89. The van der Waals surface area contributed by atoms with Gasteiger partial charge in [0.2, 0.25) is 5.91 Å². The number of amides is 2. The summed E-state index contributed by atoms with van der Waals surface area (Å²) in [6, 6.07) is 14.1. The van der Waals surface area contributed by atoms with Gasteiger partial charge in [0.25, 0.3) is 5.91 Å². The molecule has 0 unspecified atom stereocenters. The number of anilines is 2. The Labute approximate surface area is 153 Å². The largest absolute Gasteiger partial charge is 0.494 e. The summed E-state index contributed by atoms with van der Waals surface area (Å²) in [5.74, 6) is 0.520. The maximum atomic E-state index is 12.2. The van der Waals surface area contributed by atoms with Crippen molar-refractivity contribution in [3.8, 4) is 5.75 Å². The van der Waals surface area contributed by atoms with Crippen molar-refractivity contribution in [1.29, 1.82) is 0 Å². The van der Waals surface area contributed by atoms with Crippen molar-refractivity contribution < 1.29 is 14.3 Å². The number of ether oxygens (including phenoxy) is 1. The second-order valence-electron chi connectivity index (χ2n) is 6.37. The van der Waals surface area contributed by atoms with E-state index in [1.165, 1.54) is 0 Å². The van der Waals surface area contributed by atoms with Crippen molar-refractivity contribution in [2.24, 2.45) is 11.7 Å². The number of rotatable bonds is 9. The van der Waals surface area contributed by atoms with Gasteiger partial charge < -0.3 is 21.1 Å². The van der Waals surface area contributed by atoms with E-state index in [0.29, 0.717) is 29.5 Å². The van der Waals surface area contributed by atoms with Crippen LogP contribution in [-0.4, -0.2) is 25.0 Å². The summed E-state index contributed by atoms with van der Waals surface area (Å²) in [5, 5.41) is 5.73. The summed E-state index contributed by atoms with van der Waals surface area (Å²) in [4.78, 5) is 23.5. The van der Waals surface area contributed by atoms with Gasteiger partial charge in [-0.25, -0.2) is 0 Å². The van der Waals surface area contributed by atoms with E-state index in [0.717, 1.165) is 12.2 Å². The Morgan fingerprint density at radius 3 is 2.62 bits per heavy atom. The molecule has 6 nitrogen and oxygen atoms in total. The molecule has 0 saturated carbocycles. The third-order valence-corrected chi connectivity index (χ3v) is 3.71. The van der Waals surface area contributed by atoms with Gasteiger partial charge in [0, 0.05) is 17.4 Å². The van der Waals surface area contributed by atoms with Crippen LogP contribution in [0.15, 0.2) is 48.5 Å². The van der Waals surface area contributed by atoms with Crippen LogP contribution < -0.4 is 21.1 Å². The second kappa shape index (κ2) is 9.46. The number of nitrogens with two attached hydrogens (primary N) is 1. The molecule has 0 bridgehead atoms. The number of nitrogens with one attached hydrogen (secondary N) is 2. The smallest absolute Gasteiger partial charge is 0.250 e. The number of benzene rings is 2. The highest BCUT2D eigenvalue weighted by Gasteiger charge is 2.09. The third kappa shape index (κ3) is 6.12. The molecular formula is C20H25N3O3. The third-order valence-electron chi connectivity index (χ3n) is 3.71. The molecule has 0 saturated heterocycles. The van der Waals surface area contributed by atoms with Crippen molar-refractivity contribution in [2.75, 3.05) is 23.8 Å². The summed E-state index contributed by atoms with van der Waals surface area (Å²) < 4.78 is 5.69. The number of carbonyl (C=O) groups is 2. The SMILES string of the molecule is CC(C)CCOc1cccc(NC(=O)CNc2ccccc2C(N)=O)c1. The van der Waals surface area contributed by atoms with Gasteiger partial charge in [-0.2, -0.15) is 0 Å². The number of primary amides is 1. The average Bonchev–Trinajstić information content (AvgIpc) is 2.60. The zero-order valence-corrected chi connectivity index (χ0v) is 15.1. The molecule has 6 heteroatoms. The molecule has 0 aliphatic carbocycles. The first-order chi connectivity index (χ1) is 12.5. The van der Waals surface area contributed by atoms with Crippen LogP contribution in [0.5, 0.6) is 5.75 Å². The van der Waals surface area contributed by atoms with Crippen LogP contribution in [0.1, 0.15) is 30.6 Å². The van der Waals surface area contributed by atoms with E-state index in [4.69, 9.17) is 10.5 Å². The van der Waals surface area contributed by atoms with Gasteiger partial charge in [-0.05, 0) is 36.6 Å². The van der Waals surface area contributed by atoms with Gasteiger partial charge in [-0.1, -0.05) is 32.0 Å². The maximum absolute atomic E-state index is 12.2. The first-order valence-corrected chi connectivity index (χ1v) is 8.61. The van der Waals surface area contributed by atoms with Crippen molar-refractivity contribution in [2.45, 2.75) is 20.3 Å². The molecule has 4 N–H and O–H groups in total. The van der Waals surface area contributed by atoms with E-state index in [1.54, 1.807) is 36.4 Å². The number of hydrogen-bond donors (Lipinski definition) is 3. The van der Waals surface area contributed by atoms with E-state index in [2.05, 4.69) is 24.5 Å². The molecule has 0 spiro atoms. The van der Waals surface area contributed by atoms with Gasteiger partial charge in [-0.3, -0.25) is 9.59 Å². The highest BCUT2D eigenvalue weighted by atomic mass is 16.5. The fraction of sp³-hybridized carbons (Fsp3) is 0.300. The lowest BCUT2D eigenvalue weighted by Crippen LogP contribution is -2.23. The molecule has 0 aliphatic rings. The molecule has 0 fully saturated rings. The van der Waals surface area contributed by atoms with Gasteiger partial charge in [0.15, 0.2) is 0 Å². The van der Waals surface area contributed by atoms with Crippen LogP contribution in [0.3, 0.4) is 0 Å². The topological polar surface area (TPSA) is 93.4 Å². The van der Waals surface area contributed by atoms with Gasteiger partial charge in [0.1, 0.15) is 5.75 Å². The highest BCUT2D eigenvalue weighted by molar-refractivity contribution is 6.00. The number of carbonyl (C=O) groups excluding carboxylic acids is 2. The summed E-state index contributed by atoms with van der Waals surface area (Å²) in [7, 11) is 0. The van der Waals surface area contributed by atoms with Gasteiger partial charge >= 0.3 is 0 Å². The Bertz CT molecular complexity index is 759. The lowest BCUT2D eigenvalue weighted by Gasteiger charge is -2.12. The quantitative estimate of drug-likeness (QED) is 0.643. The molecule has 0 atom stereocenters. The van der Waals surface area contributed by atoms with Crippen LogP contribution in [-0.2, 0) is 4.79 Å². The fourth-order valence-corrected chi connectivity index (χ4v) is 2.31. The molecular weight excluding hydrogens is 330 g/mol. The summed E-state index contributed by atoms with van der Waals surface area (Å²) in [6.07, 6.45) is 0.972. The van der Waals surface area contributed by atoms with Crippen LogP contribution in [0.2, 0.25) is 0 Å². The minimum atomic E-state index is -0.542. The van der Waals surface area contributed by atoms with Gasteiger partial charge in [-0.15, -0.1) is 0 Å². The predicted octanol–water partition coefficient (Wildman–Crippen LogP) is 3.26. The normalized spacial score (nSPS) is 10.4. The van der Waals surface area contributed by atoms with E-state index in [-0.39, 0.29) is 12.5 Å². The monoisotopic (exact) mass is 355 g/mol. The molecule has 2 amide bonds. The van der Waals surface area contributed by atoms with Crippen LogP contribution in [0.4, 0.5) is 11.4 Å². The second-order valence-corrected chi connectivity index (χ2v) is 6.37.